The van der Waals surface area contributed by atoms with Crippen molar-refractivity contribution in [2.75, 3.05) is 10.6 Å². The molecule has 2 N–H and O–H groups in total. The van der Waals surface area contributed by atoms with Crippen molar-refractivity contribution in [3.63, 3.8) is 0 Å². The van der Waals surface area contributed by atoms with Gasteiger partial charge in [0.15, 0.2) is 0 Å². The number of amides is 2. The molecular formula is C16H15BrN2O2S. The van der Waals surface area contributed by atoms with E-state index < -0.39 is 0 Å². The summed E-state index contributed by atoms with van der Waals surface area (Å²) in [6.07, 6.45) is 1.93. The van der Waals surface area contributed by atoms with Crippen LogP contribution >= 0.6 is 27.3 Å². The van der Waals surface area contributed by atoms with Crippen LogP contribution in [0.2, 0.25) is 0 Å². The molecule has 0 saturated heterocycles. The number of benzene rings is 1. The molecule has 1 aromatic carbocycles. The molecule has 0 spiro atoms. The fraction of sp³-hybridized carbons (Fsp3) is 0.250. The van der Waals surface area contributed by atoms with Crippen LogP contribution in [0.3, 0.4) is 0 Å². The number of hydrogen-bond donors (Lipinski definition) is 2. The van der Waals surface area contributed by atoms with Crippen LogP contribution in [0.1, 0.15) is 28.1 Å². The molecular weight excluding hydrogens is 364 g/mol. The zero-order valence-electron chi connectivity index (χ0n) is 12.0. The Bertz CT molecular complexity index is 737. The highest BCUT2D eigenvalue weighted by molar-refractivity contribution is 9.10. The topological polar surface area (TPSA) is 58.2 Å². The summed E-state index contributed by atoms with van der Waals surface area (Å²) in [5, 5.41) is 6.47. The summed E-state index contributed by atoms with van der Waals surface area (Å²) in [4.78, 5) is 24.6. The lowest BCUT2D eigenvalue weighted by atomic mass is 10.2. The molecule has 1 aliphatic carbocycles. The number of carbonyl (C=O) groups excluding carboxylic acids is 2. The number of nitrogens with one attached hydrogen (secondary N) is 2. The second-order valence-electron chi connectivity index (χ2n) is 5.34. The summed E-state index contributed by atoms with van der Waals surface area (Å²) in [5.74, 6) is 0.0460. The van der Waals surface area contributed by atoms with E-state index >= 15 is 0 Å². The van der Waals surface area contributed by atoms with Crippen molar-refractivity contribution < 1.29 is 9.59 Å². The number of carbonyl (C=O) groups is 2. The smallest absolute Gasteiger partial charge is 0.265 e. The first-order valence-electron chi connectivity index (χ1n) is 7.01. The molecule has 2 aromatic rings. The van der Waals surface area contributed by atoms with Crippen LogP contribution in [0.25, 0.3) is 0 Å². The summed E-state index contributed by atoms with van der Waals surface area (Å²) in [5.41, 5.74) is 1.77. The van der Waals surface area contributed by atoms with Crippen molar-refractivity contribution in [3.05, 3.63) is 45.2 Å². The first-order valence-corrected chi connectivity index (χ1v) is 8.62. The predicted octanol–water partition coefficient (Wildman–Crippen LogP) is 4.42. The Balaban J connectivity index is 1.67. The van der Waals surface area contributed by atoms with Crippen LogP contribution in [0, 0.1) is 12.8 Å². The van der Waals surface area contributed by atoms with Gasteiger partial charge in [-0.3, -0.25) is 9.59 Å². The quantitative estimate of drug-likeness (QED) is 0.826. The van der Waals surface area contributed by atoms with Crippen LogP contribution < -0.4 is 10.6 Å². The van der Waals surface area contributed by atoms with E-state index in [-0.39, 0.29) is 17.7 Å². The van der Waals surface area contributed by atoms with E-state index in [1.165, 1.54) is 11.3 Å². The van der Waals surface area contributed by atoms with Gasteiger partial charge in [0.05, 0.1) is 9.88 Å². The molecule has 1 fully saturated rings. The maximum absolute atomic E-state index is 12.3. The van der Waals surface area contributed by atoms with Gasteiger partial charge in [-0.2, -0.15) is 0 Å². The molecule has 2 amide bonds. The van der Waals surface area contributed by atoms with Gasteiger partial charge in [-0.15, -0.1) is 11.3 Å². The fourth-order valence-electron chi connectivity index (χ4n) is 2.05. The molecule has 1 aliphatic rings. The highest BCUT2D eigenvalue weighted by atomic mass is 79.9. The monoisotopic (exact) mass is 378 g/mol. The number of rotatable bonds is 4. The number of hydrogen-bond acceptors (Lipinski definition) is 3. The molecule has 22 heavy (non-hydrogen) atoms. The van der Waals surface area contributed by atoms with E-state index in [2.05, 4.69) is 26.6 Å². The van der Waals surface area contributed by atoms with E-state index in [0.717, 1.165) is 33.6 Å². The molecule has 6 heteroatoms. The molecule has 1 saturated carbocycles. The maximum Gasteiger partial charge on any atom is 0.265 e. The molecule has 1 heterocycles. The lowest BCUT2D eigenvalue weighted by Crippen LogP contribution is -2.12. The Morgan fingerprint density at radius 2 is 1.95 bits per heavy atom. The zero-order chi connectivity index (χ0) is 15.7. The Hall–Kier alpha value is -1.66. The van der Waals surface area contributed by atoms with Gasteiger partial charge >= 0.3 is 0 Å². The third-order valence-corrected chi connectivity index (χ3v) is 4.95. The van der Waals surface area contributed by atoms with E-state index in [1.807, 2.05) is 25.1 Å². The molecule has 4 nitrogen and oxygen atoms in total. The Morgan fingerprint density at radius 3 is 2.64 bits per heavy atom. The molecule has 114 valence electrons. The van der Waals surface area contributed by atoms with E-state index in [0.29, 0.717) is 4.88 Å². The van der Waals surface area contributed by atoms with Crippen LogP contribution in [0.15, 0.2) is 34.8 Å². The fourth-order valence-corrected chi connectivity index (χ4v) is 3.33. The van der Waals surface area contributed by atoms with Gasteiger partial charge < -0.3 is 10.6 Å². The largest absolute Gasteiger partial charge is 0.321 e. The Kier molecular flexibility index (Phi) is 4.31. The average molecular weight is 379 g/mol. The van der Waals surface area contributed by atoms with Gasteiger partial charge in [-0.05, 0) is 55.7 Å². The van der Waals surface area contributed by atoms with Gasteiger partial charge in [0.25, 0.3) is 5.91 Å². The number of thiophene rings is 1. The molecule has 0 atom stereocenters. The molecule has 0 unspecified atom stereocenters. The van der Waals surface area contributed by atoms with Crippen molar-refractivity contribution in [3.8, 4) is 0 Å². The minimum absolute atomic E-state index is 0.0533. The standard InChI is InChI=1S/C16H15BrN2O2S/c1-9-8-11(17)4-5-12(9)18-16(21)13-6-7-14(22-13)19-15(20)10-2-3-10/h4-8,10H,2-3H2,1H3,(H,18,21)(H,19,20). The van der Waals surface area contributed by atoms with Crippen LogP contribution in [-0.2, 0) is 4.79 Å². The van der Waals surface area contributed by atoms with Crippen LogP contribution in [-0.4, -0.2) is 11.8 Å². The minimum Gasteiger partial charge on any atom is -0.321 e. The summed E-state index contributed by atoms with van der Waals surface area (Å²) in [6, 6.07) is 9.20. The van der Waals surface area contributed by atoms with E-state index in [9.17, 15) is 9.59 Å². The van der Waals surface area contributed by atoms with Gasteiger partial charge in [0, 0.05) is 16.1 Å². The van der Waals surface area contributed by atoms with E-state index in [1.54, 1.807) is 12.1 Å². The second kappa shape index (κ2) is 6.22. The van der Waals surface area contributed by atoms with Crippen molar-refractivity contribution >= 4 is 49.8 Å². The van der Waals surface area contributed by atoms with Gasteiger partial charge in [-0.25, -0.2) is 0 Å². The highest BCUT2D eigenvalue weighted by Gasteiger charge is 2.29. The first-order chi connectivity index (χ1) is 10.5. The van der Waals surface area contributed by atoms with Crippen molar-refractivity contribution in [2.24, 2.45) is 5.92 Å². The van der Waals surface area contributed by atoms with Gasteiger partial charge in [0.2, 0.25) is 5.91 Å². The average Bonchev–Trinajstić information content (AvgIpc) is 3.22. The summed E-state index contributed by atoms with van der Waals surface area (Å²) in [6.45, 7) is 1.94. The number of halogens is 1. The van der Waals surface area contributed by atoms with Crippen molar-refractivity contribution in [1.29, 1.82) is 0 Å². The third kappa shape index (κ3) is 3.56. The normalized spacial score (nSPS) is 13.7. The number of anilines is 2. The molecule has 0 bridgehead atoms. The van der Waals surface area contributed by atoms with Crippen LogP contribution in [0.4, 0.5) is 10.7 Å². The van der Waals surface area contributed by atoms with Crippen molar-refractivity contribution in [2.45, 2.75) is 19.8 Å². The van der Waals surface area contributed by atoms with Crippen LogP contribution in [0.5, 0.6) is 0 Å². The third-order valence-electron chi connectivity index (χ3n) is 3.46. The van der Waals surface area contributed by atoms with Crippen molar-refractivity contribution in [1.82, 2.24) is 0 Å². The lowest BCUT2D eigenvalue weighted by Gasteiger charge is -2.07. The SMILES string of the molecule is Cc1cc(Br)ccc1NC(=O)c1ccc(NC(=O)C2CC2)s1. The Labute approximate surface area is 141 Å². The molecule has 0 aliphatic heterocycles. The highest BCUT2D eigenvalue weighted by Crippen LogP contribution is 2.32. The summed E-state index contributed by atoms with van der Waals surface area (Å²) >= 11 is 4.69. The Morgan fingerprint density at radius 1 is 1.18 bits per heavy atom. The van der Waals surface area contributed by atoms with Gasteiger partial charge in [-0.1, -0.05) is 15.9 Å². The van der Waals surface area contributed by atoms with E-state index in [4.69, 9.17) is 0 Å². The molecule has 0 radical (unpaired) electrons. The maximum atomic E-state index is 12.3. The first kappa shape index (κ1) is 15.2. The lowest BCUT2D eigenvalue weighted by molar-refractivity contribution is -0.117. The predicted molar refractivity (Wildman–Crippen MR) is 92.5 cm³/mol. The van der Waals surface area contributed by atoms with Gasteiger partial charge in [0.1, 0.15) is 0 Å². The summed E-state index contributed by atoms with van der Waals surface area (Å²) in [7, 11) is 0. The minimum atomic E-state index is -0.164. The molecule has 3 rings (SSSR count). The summed E-state index contributed by atoms with van der Waals surface area (Å²) < 4.78 is 0.976. The number of aryl methyl sites for hydroxylation is 1. The zero-order valence-corrected chi connectivity index (χ0v) is 14.4. The molecule has 1 aromatic heterocycles. The second-order valence-corrected chi connectivity index (χ2v) is 7.34.